The highest BCUT2D eigenvalue weighted by molar-refractivity contribution is 5.97. The van der Waals surface area contributed by atoms with Gasteiger partial charge in [0.1, 0.15) is 17.1 Å². The average molecular weight is 449 g/mol. The summed E-state index contributed by atoms with van der Waals surface area (Å²) < 4.78 is 32.7. The van der Waals surface area contributed by atoms with Gasteiger partial charge in [-0.25, -0.2) is 13.8 Å². The monoisotopic (exact) mass is 448 g/mol. The van der Waals surface area contributed by atoms with Crippen molar-refractivity contribution < 1.29 is 18.3 Å². The Kier molecular flexibility index (Phi) is 6.70. The number of halogens is 2. The van der Waals surface area contributed by atoms with E-state index >= 15 is 0 Å². The topological polar surface area (TPSA) is 61.5 Å². The lowest BCUT2D eigenvalue weighted by Gasteiger charge is -2.31. The van der Waals surface area contributed by atoms with Crippen LogP contribution in [0, 0.1) is 5.92 Å². The van der Waals surface area contributed by atoms with Gasteiger partial charge in [-0.15, -0.1) is 0 Å². The van der Waals surface area contributed by atoms with E-state index in [0.717, 1.165) is 24.1 Å². The number of nitrogens with one attached hydrogen (secondary N) is 1. The number of carbonyl (C=O) groups excluding carboxylic acids is 1. The molecule has 2 aliphatic heterocycles. The number of carbonyl (C=O) groups is 1. The third-order valence-electron chi connectivity index (χ3n) is 7.07. The molecule has 2 aromatic heterocycles. The fraction of sp³-hybridized carbons (Fsp3) is 0.667. The lowest BCUT2D eigenvalue weighted by atomic mass is 9.96. The molecule has 0 aromatic carbocycles. The van der Waals surface area contributed by atoms with Gasteiger partial charge in [0.25, 0.3) is 11.8 Å². The van der Waals surface area contributed by atoms with Crippen molar-refractivity contribution in [1.82, 2.24) is 19.8 Å². The second-order valence-electron chi connectivity index (χ2n) is 9.55. The lowest BCUT2D eigenvalue weighted by molar-refractivity contribution is -0.0495. The normalized spacial score (nSPS) is 23.9. The molecule has 0 aliphatic carbocycles. The minimum absolute atomic E-state index is 0.0670. The SMILES string of the molecule is CC(C)N1CCC(CCCOc2cnc3[nH]c(C(=O)N4CCC(F)(F)CC4)cc3c2)[C@H]1C. The first kappa shape index (κ1) is 23.0. The molecule has 0 radical (unpaired) electrons. The van der Waals surface area contributed by atoms with Crippen LogP contribution in [0.5, 0.6) is 5.75 Å². The van der Waals surface area contributed by atoms with Crippen LogP contribution in [0.1, 0.15) is 63.4 Å². The van der Waals surface area contributed by atoms with E-state index in [9.17, 15) is 13.6 Å². The standard InChI is InChI=1S/C24H34F2N4O2/c1-16(2)30-9-6-18(17(30)3)5-4-12-32-20-13-19-14-21(28-22(19)27-15-20)23(31)29-10-7-24(25,26)8-11-29/h13-18H,4-12H2,1-3H3,(H,27,28)/t17-,18?/m1/s1. The van der Waals surface area contributed by atoms with E-state index in [1.807, 2.05) is 6.07 Å². The molecule has 2 aromatic rings. The largest absolute Gasteiger partial charge is 0.492 e. The molecule has 32 heavy (non-hydrogen) atoms. The summed E-state index contributed by atoms with van der Waals surface area (Å²) in [5.41, 5.74) is 0.969. The highest BCUT2D eigenvalue weighted by Gasteiger charge is 2.36. The van der Waals surface area contributed by atoms with Crippen LogP contribution in [0.4, 0.5) is 8.78 Å². The van der Waals surface area contributed by atoms with Gasteiger partial charge in [-0.1, -0.05) is 0 Å². The van der Waals surface area contributed by atoms with Crippen molar-refractivity contribution in [2.24, 2.45) is 5.92 Å². The van der Waals surface area contributed by atoms with Crippen molar-refractivity contribution in [2.45, 2.75) is 70.9 Å². The number of hydrogen-bond donors (Lipinski definition) is 1. The third-order valence-corrected chi connectivity index (χ3v) is 7.07. The molecule has 1 amide bonds. The van der Waals surface area contributed by atoms with E-state index in [1.165, 1.54) is 17.9 Å². The molecule has 1 unspecified atom stereocenters. The Hall–Kier alpha value is -2.22. The van der Waals surface area contributed by atoms with E-state index in [1.54, 1.807) is 12.3 Å². The molecule has 2 saturated heterocycles. The second kappa shape index (κ2) is 9.33. The Morgan fingerprint density at radius 3 is 2.72 bits per heavy atom. The number of pyridine rings is 1. The highest BCUT2D eigenvalue weighted by Crippen LogP contribution is 2.30. The van der Waals surface area contributed by atoms with Crippen molar-refractivity contribution in [3.8, 4) is 5.75 Å². The molecule has 0 spiro atoms. The van der Waals surface area contributed by atoms with E-state index in [-0.39, 0.29) is 31.8 Å². The first-order chi connectivity index (χ1) is 15.2. The van der Waals surface area contributed by atoms with Crippen molar-refractivity contribution >= 4 is 16.9 Å². The van der Waals surface area contributed by atoms with Crippen molar-refractivity contribution in [2.75, 3.05) is 26.2 Å². The minimum Gasteiger partial charge on any atom is -0.492 e. The summed E-state index contributed by atoms with van der Waals surface area (Å²) in [5, 5.41) is 0.783. The van der Waals surface area contributed by atoms with Crippen LogP contribution in [-0.2, 0) is 0 Å². The van der Waals surface area contributed by atoms with Gasteiger partial charge in [0.15, 0.2) is 0 Å². The predicted molar refractivity (Wildman–Crippen MR) is 120 cm³/mol. The van der Waals surface area contributed by atoms with E-state index in [0.29, 0.717) is 35.8 Å². The quantitative estimate of drug-likeness (QED) is 0.623. The Morgan fingerprint density at radius 2 is 2.03 bits per heavy atom. The summed E-state index contributed by atoms with van der Waals surface area (Å²) in [6, 6.07) is 4.82. The Balaban J connectivity index is 1.29. The number of aromatic nitrogens is 2. The van der Waals surface area contributed by atoms with E-state index in [4.69, 9.17) is 4.74 Å². The molecule has 0 bridgehead atoms. The molecule has 6 nitrogen and oxygen atoms in total. The second-order valence-corrected chi connectivity index (χ2v) is 9.55. The van der Waals surface area contributed by atoms with Crippen molar-refractivity contribution in [3.63, 3.8) is 0 Å². The van der Waals surface area contributed by atoms with Crippen molar-refractivity contribution in [1.29, 1.82) is 0 Å². The maximum absolute atomic E-state index is 13.4. The van der Waals surface area contributed by atoms with Crippen molar-refractivity contribution in [3.05, 3.63) is 24.0 Å². The van der Waals surface area contributed by atoms with E-state index < -0.39 is 5.92 Å². The number of H-pyrrole nitrogens is 1. The zero-order valence-electron chi connectivity index (χ0n) is 19.2. The van der Waals surface area contributed by atoms with E-state index in [2.05, 4.69) is 35.6 Å². The summed E-state index contributed by atoms with van der Waals surface area (Å²) in [7, 11) is 0. The van der Waals surface area contributed by atoms with Crippen LogP contribution in [0.15, 0.2) is 18.3 Å². The number of ether oxygens (including phenoxy) is 1. The molecule has 0 saturated carbocycles. The zero-order valence-corrected chi connectivity index (χ0v) is 19.2. The van der Waals surface area contributed by atoms with Crippen LogP contribution in [-0.4, -0.2) is 69.9 Å². The van der Waals surface area contributed by atoms with Gasteiger partial charge >= 0.3 is 0 Å². The minimum atomic E-state index is -2.67. The van der Waals surface area contributed by atoms with Gasteiger partial charge in [0, 0.05) is 43.4 Å². The molecule has 4 rings (SSSR count). The number of rotatable bonds is 7. The fourth-order valence-corrected chi connectivity index (χ4v) is 5.08. The summed E-state index contributed by atoms with van der Waals surface area (Å²) in [5.74, 6) is -1.54. The Morgan fingerprint density at radius 1 is 1.28 bits per heavy atom. The summed E-state index contributed by atoms with van der Waals surface area (Å²) in [6.45, 7) is 8.80. The summed E-state index contributed by atoms with van der Waals surface area (Å²) >= 11 is 0. The van der Waals surface area contributed by atoms with Crippen LogP contribution in [0.25, 0.3) is 11.0 Å². The molecule has 2 atom stereocenters. The molecule has 176 valence electrons. The van der Waals surface area contributed by atoms with Gasteiger partial charge in [-0.3, -0.25) is 9.69 Å². The zero-order chi connectivity index (χ0) is 22.9. The number of piperidine rings is 1. The maximum Gasteiger partial charge on any atom is 0.270 e. The molecule has 1 N–H and O–H groups in total. The summed E-state index contributed by atoms with van der Waals surface area (Å²) in [4.78, 5) is 24.1. The van der Waals surface area contributed by atoms with Gasteiger partial charge in [-0.05, 0) is 64.6 Å². The number of hydrogen-bond acceptors (Lipinski definition) is 4. The number of alkyl halides is 2. The molecule has 2 fully saturated rings. The molecular weight excluding hydrogens is 414 g/mol. The number of nitrogens with zero attached hydrogens (tertiary/aromatic N) is 3. The van der Waals surface area contributed by atoms with Crippen LogP contribution in [0.3, 0.4) is 0 Å². The number of amides is 1. The third kappa shape index (κ3) is 5.05. The van der Waals surface area contributed by atoms with Crippen LogP contribution in [0.2, 0.25) is 0 Å². The highest BCUT2D eigenvalue weighted by atomic mass is 19.3. The first-order valence-corrected chi connectivity index (χ1v) is 11.8. The fourth-order valence-electron chi connectivity index (χ4n) is 5.08. The van der Waals surface area contributed by atoms with Gasteiger partial charge < -0.3 is 14.6 Å². The summed E-state index contributed by atoms with van der Waals surface area (Å²) in [6.07, 6.45) is 4.48. The Bertz CT molecular complexity index is 935. The predicted octanol–water partition coefficient (Wildman–Crippen LogP) is 4.71. The average Bonchev–Trinajstić information content (AvgIpc) is 3.34. The van der Waals surface area contributed by atoms with Crippen LogP contribution >= 0.6 is 0 Å². The first-order valence-electron chi connectivity index (χ1n) is 11.8. The maximum atomic E-state index is 13.4. The molecule has 8 heteroatoms. The van der Waals surface area contributed by atoms with Crippen LogP contribution < -0.4 is 4.74 Å². The Labute approximate surface area is 188 Å². The molecule has 2 aliphatic rings. The van der Waals surface area contributed by atoms with Gasteiger partial charge in [-0.2, -0.15) is 0 Å². The number of fused-ring (bicyclic) bond motifs is 1. The van der Waals surface area contributed by atoms with Gasteiger partial charge in [0.2, 0.25) is 0 Å². The number of likely N-dealkylation sites (tertiary alicyclic amines) is 2. The smallest absolute Gasteiger partial charge is 0.270 e. The molecular formula is C24H34F2N4O2. The molecule has 4 heterocycles. The van der Waals surface area contributed by atoms with Gasteiger partial charge in [0.05, 0.1) is 12.8 Å². The number of aromatic amines is 1. The lowest BCUT2D eigenvalue weighted by Crippen LogP contribution is -2.42.